The van der Waals surface area contributed by atoms with Crippen LogP contribution in [0.25, 0.3) is 0 Å². The molecule has 0 aromatic heterocycles. The molecule has 0 saturated carbocycles. The summed E-state index contributed by atoms with van der Waals surface area (Å²) in [6.07, 6.45) is 5.84. The molecule has 2 aromatic rings. The SMILES string of the molecule is O=C(O)c1cc(N2CCC(N3CCCCC3)CC2)ccc1NS(=O)(=O)c1ccc(F)cc1Cl. The summed E-state index contributed by atoms with van der Waals surface area (Å²) < 4.78 is 41.1. The number of anilines is 2. The normalized spacial score (nSPS) is 18.3. The van der Waals surface area contributed by atoms with E-state index < -0.39 is 21.8 Å². The van der Waals surface area contributed by atoms with Crippen LogP contribution in [0, 0.1) is 5.82 Å². The van der Waals surface area contributed by atoms with Crippen molar-refractivity contribution < 1.29 is 22.7 Å². The van der Waals surface area contributed by atoms with Gasteiger partial charge in [0.1, 0.15) is 10.7 Å². The van der Waals surface area contributed by atoms with Crippen molar-refractivity contribution in [2.45, 2.75) is 43.0 Å². The van der Waals surface area contributed by atoms with Crippen LogP contribution in [-0.2, 0) is 10.0 Å². The van der Waals surface area contributed by atoms with E-state index in [-0.39, 0.29) is 21.2 Å². The number of rotatable bonds is 6. The third kappa shape index (κ3) is 5.42. The summed E-state index contributed by atoms with van der Waals surface area (Å²) in [5.74, 6) is -1.92. The number of aromatic carboxylic acids is 1. The third-order valence-electron chi connectivity index (χ3n) is 6.40. The molecule has 0 unspecified atom stereocenters. The minimum Gasteiger partial charge on any atom is -0.478 e. The van der Waals surface area contributed by atoms with Crippen LogP contribution in [0.4, 0.5) is 15.8 Å². The molecule has 2 aliphatic rings. The lowest BCUT2D eigenvalue weighted by Crippen LogP contribution is -2.46. The monoisotopic (exact) mass is 495 g/mol. The average molecular weight is 496 g/mol. The smallest absolute Gasteiger partial charge is 0.337 e. The van der Waals surface area contributed by atoms with Crippen LogP contribution in [0.15, 0.2) is 41.3 Å². The lowest BCUT2D eigenvalue weighted by Gasteiger charge is -2.41. The molecule has 2 N–H and O–H groups in total. The Hall–Kier alpha value is -2.36. The van der Waals surface area contributed by atoms with Gasteiger partial charge in [0.2, 0.25) is 0 Å². The fraction of sp³-hybridized carbons (Fsp3) is 0.435. The van der Waals surface area contributed by atoms with E-state index in [0.717, 1.165) is 62.9 Å². The number of hydrogen-bond donors (Lipinski definition) is 2. The summed E-state index contributed by atoms with van der Waals surface area (Å²) in [7, 11) is -4.21. The van der Waals surface area contributed by atoms with Crippen LogP contribution in [0.5, 0.6) is 0 Å². The van der Waals surface area contributed by atoms with Gasteiger partial charge in [0.25, 0.3) is 10.0 Å². The Bertz CT molecular complexity index is 1130. The van der Waals surface area contributed by atoms with Gasteiger partial charge in [-0.05, 0) is 75.2 Å². The van der Waals surface area contributed by atoms with Crippen molar-refractivity contribution in [2.24, 2.45) is 0 Å². The van der Waals surface area contributed by atoms with Gasteiger partial charge >= 0.3 is 5.97 Å². The molecule has 33 heavy (non-hydrogen) atoms. The van der Waals surface area contributed by atoms with E-state index in [1.807, 2.05) is 0 Å². The van der Waals surface area contributed by atoms with Gasteiger partial charge in [0.15, 0.2) is 0 Å². The fourth-order valence-corrected chi connectivity index (χ4v) is 6.27. The van der Waals surface area contributed by atoms with E-state index in [4.69, 9.17) is 11.6 Å². The van der Waals surface area contributed by atoms with Gasteiger partial charge in [0, 0.05) is 24.8 Å². The van der Waals surface area contributed by atoms with Gasteiger partial charge in [-0.2, -0.15) is 0 Å². The van der Waals surface area contributed by atoms with Gasteiger partial charge in [0.05, 0.1) is 16.3 Å². The Balaban J connectivity index is 1.51. The summed E-state index contributed by atoms with van der Waals surface area (Å²) in [5, 5.41) is 9.44. The van der Waals surface area contributed by atoms with E-state index in [9.17, 15) is 22.7 Å². The predicted molar refractivity (Wildman–Crippen MR) is 126 cm³/mol. The molecule has 0 amide bonds. The maximum atomic E-state index is 13.3. The maximum absolute atomic E-state index is 13.3. The number of carboxylic acid groups (broad SMARTS) is 1. The minimum atomic E-state index is -4.21. The van der Waals surface area contributed by atoms with E-state index >= 15 is 0 Å². The molecule has 2 saturated heterocycles. The highest BCUT2D eigenvalue weighted by molar-refractivity contribution is 7.92. The molecular formula is C23H27ClFN3O4S. The number of carboxylic acids is 1. The quantitative estimate of drug-likeness (QED) is 0.616. The highest BCUT2D eigenvalue weighted by Gasteiger charge is 2.27. The summed E-state index contributed by atoms with van der Waals surface area (Å²) in [4.78, 5) is 16.3. The zero-order valence-corrected chi connectivity index (χ0v) is 19.7. The van der Waals surface area contributed by atoms with Crippen molar-refractivity contribution in [1.29, 1.82) is 0 Å². The van der Waals surface area contributed by atoms with Crippen LogP contribution in [-0.4, -0.2) is 56.6 Å². The van der Waals surface area contributed by atoms with Crippen molar-refractivity contribution in [3.05, 3.63) is 52.8 Å². The van der Waals surface area contributed by atoms with Crippen LogP contribution in [0.1, 0.15) is 42.5 Å². The highest BCUT2D eigenvalue weighted by atomic mass is 35.5. The van der Waals surface area contributed by atoms with Crippen LogP contribution < -0.4 is 9.62 Å². The standard InChI is InChI=1S/C23H27ClFN3O4S/c24-20-14-16(25)4-7-22(20)33(31,32)26-21-6-5-18(15-19(21)23(29)30)28-12-8-17(9-13-28)27-10-2-1-3-11-27/h4-7,14-15,17,26H,1-3,8-13H2,(H,29,30). The molecule has 7 nitrogen and oxygen atoms in total. The molecule has 2 aliphatic heterocycles. The highest BCUT2D eigenvalue weighted by Crippen LogP contribution is 2.30. The number of benzene rings is 2. The Morgan fingerprint density at radius 3 is 2.36 bits per heavy atom. The van der Waals surface area contributed by atoms with E-state index in [0.29, 0.717) is 6.04 Å². The molecule has 2 fully saturated rings. The number of likely N-dealkylation sites (tertiary alicyclic amines) is 1. The Kier molecular flexibility index (Phi) is 7.11. The summed E-state index contributed by atoms with van der Waals surface area (Å²) >= 11 is 5.89. The first-order chi connectivity index (χ1) is 15.7. The van der Waals surface area contributed by atoms with Gasteiger partial charge in [-0.3, -0.25) is 4.72 Å². The predicted octanol–water partition coefficient (Wildman–Crippen LogP) is 4.43. The van der Waals surface area contributed by atoms with Crippen molar-refractivity contribution in [3.63, 3.8) is 0 Å². The molecule has 0 atom stereocenters. The molecule has 2 aromatic carbocycles. The molecule has 0 radical (unpaired) electrons. The molecule has 10 heteroatoms. The molecule has 2 heterocycles. The van der Waals surface area contributed by atoms with E-state index in [1.54, 1.807) is 6.07 Å². The number of halogens is 2. The Morgan fingerprint density at radius 1 is 1.03 bits per heavy atom. The van der Waals surface area contributed by atoms with E-state index in [1.165, 1.54) is 31.4 Å². The zero-order chi connectivity index (χ0) is 23.6. The summed E-state index contributed by atoms with van der Waals surface area (Å²) in [6, 6.07) is 8.14. The van der Waals surface area contributed by atoms with Crippen LogP contribution in [0.3, 0.4) is 0 Å². The topological polar surface area (TPSA) is 89.9 Å². The lowest BCUT2D eigenvalue weighted by atomic mass is 9.99. The second-order valence-electron chi connectivity index (χ2n) is 8.53. The van der Waals surface area contributed by atoms with Crippen molar-refractivity contribution in [3.8, 4) is 0 Å². The molecule has 0 bridgehead atoms. The largest absolute Gasteiger partial charge is 0.478 e. The first-order valence-corrected chi connectivity index (χ1v) is 12.9. The molecule has 0 aliphatic carbocycles. The summed E-state index contributed by atoms with van der Waals surface area (Å²) in [5.41, 5.74) is 0.509. The second kappa shape index (κ2) is 9.87. The number of sulfonamides is 1. The van der Waals surface area contributed by atoms with E-state index in [2.05, 4.69) is 14.5 Å². The molecule has 0 spiro atoms. The number of piperidine rings is 2. The first kappa shape index (κ1) is 23.8. The fourth-order valence-electron chi connectivity index (χ4n) is 4.66. The van der Waals surface area contributed by atoms with Crippen LogP contribution in [0.2, 0.25) is 5.02 Å². The molecular weight excluding hydrogens is 469 g/mol. The zero-order valence-electron chi connectivity index (χ0n) is 18.1. The average Bonchev–Trinajstić information content (AvgIpc) is 2.79. The molecule has 4 rings (SSSR count). The Morgan fingerprint density at radius 2 is 1.73 bits per heavy atom. The third-order valence-corrected chi connectivity index (χ3v) is 8.25. The number of carbonyl (C=O) groups is 1. The van der Waals surface area contributed by atoms with Gasteiger partial charge < -0.3 is 14.9 Å². The molecule has 178 valence electrons. The van der Waals surface area contributed by atoms with Crippen molar-refractivity contribution in [2.75, 3.05) is 35.8 Å². The van der Waals surface area contributed by atoms with Crippen molar-refractivity contribution in [1.82, 2.24) is 4.90 Å². The van der Waals surface area contributed by atoms with Crippen LogP contribution >= 0.6 is 11.6 Å². The summed E-state index contributed by atoms with van der Waals surface area (Å²) in [6.45, 7) is 3.94. The van der Waals surface area contributed by atoms with Gasteiger partial charge in [-0.25, -0.2) is 17.6 Å². The Labute approximate surface area is 198 Å². The first-order valence-electron chi connectivity index (χ1n) is 11.1. The number of nitrogens with one attached hydrogen (secondary N) is 1. The lowest BCUT2D eigenvalue weighted by molar-refractivity contribution is 0.0698. The number of nitrogens with zero attached hydrogens (tertiary/aromatic N) is 2. The van der Waals surface area contributed by atoms with Gasteiger partial charge in [-0.15, -0.1) is 0 Å². The maximum Gasteiger partial charge on any atom is 0.337 e. The van der Waals surface area contributed by atoms with Gasteiger partial charge in [-0.1, -0.05) is 18.0 Å². The van der Waals surface area contributed by atoms with Crippen molar-refractivity contribution >= 4 is 39.0 Å². The second-order valence-corrected chi connectivity index (χ2v) is 10.6. The minimum absolute atomic E-state index is 0.0742. The number of hydrogen-bond acceptors (Lipinski definition) is 5.